The lowest BCUT2D eigenvalue weighted by Gasteiger charge is -2.07. The molecule has 0 atom stereocenters. The fourth-order valence-corrected chi connectivity index (χ4v) is 1.93. The van der Waals surface area contributed by atoms with Gasteiger partial charge in [-0.05, 0) is 23.3 Å². The van der Waals surface area contributed by atoms with Crippen LogP contribution >= 0.6 is 0 Å². The van der Waals surface area contributed by atoms with Crippen LogP contribution in [0.4, 0.5) is 4.39 Å². The highest BCUT2D eigenvalue weighted by atomic mass is 19.1. The van der Waals surface area contributed by atoms with E-state index in [1.165, 1.54) is 12.1 Å². The summed E-state index contributed by atoms with van der Waals surface area (Å²) in [5, 5.41) is 5.18. The van der Waals surface area contributed by atoms with Crippen molar-refractivity contribution in [3.05, 3.63) is 71.5 Å². The molecule has 0 unspecified atom stereocenters. The zero-order chi connectivity index (χ0) is 15.8. The lowest BCUT2D eigenvalue weighted by atomic mass is 10.1. The molecule has 114 valence electrons. The van der Waals surface area contributed by atoms with Crippen molar-refractivity contribution >= 4 is 11.8 Å². The summed E-state index contributed by atoms with van der Waals surface area (Å²) in [7, 11) is 0. The molecule has 4 nitrogen and oxygen atoms in total. The Morgan fingerprint density at radius 2 is 1.59 bits per heavy atom. The third kappa shape index (κ3) is 5.36. The van der Waals surface area contributed by atoms with E-state index in [4.69, 9.17) is 0 Å². The van der Waals surface area contributed by atoms with Gasteiger partial charge in [-0.1, -0.05) is 42.5 Å². The molecule has 0 saturated carbocycles. The van der Waals surface area contributed by atoms with Crippen molar-refractivity contribution < 1.29 is 14.0 Å². The van der Waals surface area contributed by atoms with Gasteiger partial charge in [0, 0.05) is 6.54 Å². The van der Waals surface area contributed by atoms with E-state index in [-0.39, 0.29) is 37.1 Å². The molecule has 2 aromatic rings. The molecule has 5 heteroatoms. The molecule has 0 spiro atoms. The zero-order valence-corrected chi connectivity index (χ0v) is 12.0. The molecular weight excluding hydrogens is 283 g/mol. The van der Waals surface area contributed by atoms with Crippen LogP contribution in [0.25, 0.3) is 0 Å². The maximum absolute atomic E-state index is 13.0. The van der Waals surface area contributed by atoms with Gasteiger partial charge in [0.2, 0.25) is 11.8 Å². The van der Waals surface area contributed by atoms with Crippen LogP contribution in [0.15, 0.2) is 54.6 Å². The molecule has 0 aliphatic carbocycles. The van der Waals surface area contributed by atoms with Crippen molar-refractivity contribution in [3.63, 3.8) is 0 Å². The molecule has 22 heavy (non-hydrogen) atoms. The molecule has 0 heterocycles. The maximum Gasteiger partial charge on any atom is 0.239 e. The summed E-state index contributed by atoms with van der Waals surface area (Å²) in [5.74, 6) is -0.874. The Balaban J connectivity index is 1.70. The second kappa shape index (κ2) is 7.93. The monoisotopic (exact) mass is 300 g/mol. The Morgan fingerprint density at radius 3 is 2.32 bits per heavy atom. The predicted molar refractivity (Wildman–Crippen MR) is 81.4 cm³/mol. The van der Waals surface area contributed by atoms with Crippen molar-refractivity contribution in [1.29, 1.82) is 0 Å². The summed E-state index contributed by atoms with van der Waals surface area (Å²) < 4.78 is 13.0. The smallest absolute Gasteiger partial charge is 0.239 e. The van der Waals surface area contributed by atoms with Crippen LogP contribution in [0.2, 0.25) is 0 Å². The minimum Gasteiger partial charge on any atom is -0.350 e. The number of rotatable bonds is 6. The normalized spacial score (nSPS) is 10.0. The van der Waals surface area contributed by atoms with Crippen LogP contribution in [0.3, 0.4) is 0 Å². The van der Waals surface area contributed by atoms with E-state index >= 15 is 0 Å². The van der Waals surface area contributed by atoms with Crippen LogP contribution in [-0.4, -0.2) is 18.4 Å². The van der Waals surface area contributed by atoms with E-state index in [1.807, 2.05) is 30.3 Å². The number of amides is 2. The Labute approximate surface area is 128 Å². The van der Waals surface area contributed by atoms with Gasteiger partial charge in [-0.15, -0.1) is 0 Å². The van der Waals surface area contributed by atoms with Gasteiger partial charge in [0.05, 0.1) is 13.0 Å². The Morgan fingerprint density at radius 1 is 0.864 bits per heavy atom. The molecule has 0 radical (unpaired) electrons. The average molecular weight is 300 g/mol. The molecule has 2 aromatic carbocycles. The van der Waals surface area contributed by atoms with Gasteiger partial charge in [0.15, 0.2) is 0 Å². The van der Waals surface area contributed by atoms with Crippen LogP contribution in [0.1, 0.15) is 11.1 Å². The summed E-state index contributed by atoms with van der Waals surface area (Å²) in [6, 6.07) is 15.3. The Hall–Kier alpha value is -2.69. The summed E-state index contributed by atoms with van der Waals surface area (Å²) in [4.78, 5) is 23.3. The highest BCUT2D eigenvalue weighted by Gasteiger charge is 2.06. The number of benzene rings is 2. The number of hydrogen-bond acceptors (Lipinski definition) is 2. The number of carbonyl (C=O) groups excluding carboxylic acids is 2. The molecule has 0 saturated heterocycles. The molecule has 0 fully saturated rings. The lowest BCUT2D eigenvalue weighted by molar-refractivity contribution is -0.125. The minimum atomic E-state index is -0.345. The van der Waals surface area contributed by atoms with Gasteiger partial charge in [-0.25, -0.2) is 4.39 Å². The zero-order valence-electron chi connectivity index (χ0n) is 12.0. The second-order valence-corrected chi connectivity index (χ2v) is 4.85. The number of hydrogen-bond donors (Lipinski definition) is 2. The highest BCUT2D eigenvalue weighted by molar-refractivity contribution is 5.85. The number of nitrogens with one attached hydrogen (secondary N) is 2. The van der Waals surface area contributed by atoms with Crippen LogP contribution in [0.5, 0.6) is 0 Å². The van der Waals surface area contributed by atoms with Gasteiger partial charge in [0.1, 0.15) is 5.82 Å². The maximum atomic E-state index is 13.0. The first-order chi connectivity index (χ1) is 10.6. The molecule has 0 aliphatic heterocycles. The molecule has 2 N–H and O–H groups in total. The quantitative estimate of drug-likeness (QED) is 0.854. The highest BCUT2D eigenvalue weighted by Crippen LogP contribution is 2.02. The summed E-state index contributed by atoms with van der Waals surface area (Å²) in [5.41, 5.74) is 1.56. The first-order valence-electron chi connectivity index (χ1n) is 6.95. The van der Waals surface area contributed by atoms with Crippen molar-refractivity contribution in [2.75, 3.05) is 6.54 Å². The number of halogens is 1. The van der Waals surface area contributed by atoms with Gasteiger partial charge in [0.25, 0.3) is 0 Å². The third-order valence-electron chi connectivity index (χ3n) is 3.03. The minimum absolute atomic E-state index is 0.0962. The standard InChI is InChI=1S/C17H17FN2O2/c18-15-8-4-7-14(9-15)11-19-17(22)12-20-16(21)10-13-5-2-1-3-6-13/h1-9H,10-12H2,(H,19,22)(H,20,21). The van der Waals surface area contributed by atoms with E-state index in [1.54, 1.807) is 12.1 Å². The van der Waals surface area contributed by atoms with E-state index < -0.39 is 0 Å². The average Bonchev–Trinajstić information content (AvgIpc) is 2.52. The van der Waals surface area contributed by atoms with Gasteiger partial charge < -0.3 is 10.6 Å². The lowest BCUT2D eigenvalue weighted by Crippen LogP contribution is -2.37. The predicted octanol–water partition coefficient (Wildman–Crippen LogP) is 1.80. The van der Waals surface area contributed by atoms with Gasteiger partial charge in [-0.2, -0.15) is 0 Å². The summed E-state index contributed by atoms with van der Waals surface area (Å²) in [6.45, 7) is 0.131. The van der Waals surface area contributed by atoms with Gasteiger partial charge >= 0.3 is 0 Å². The van der Waals surface area contributed by atoms with E-state index in [9.17, 15) is 14.0 Å². The topological polar surface area (TPSA) is 58.2 Å². The molecule has 2 rings (SSSR count). The van der Waals surface area contributed by atoms with E-state index in [0.717, 1.165) is 5.56 Å². The second-order valence-electron chi connectivity index (χ2n) is 4.85. The molecule has 0 bridgehead atoms. The molecule has 2 amide bonds. The number of carbonyl (C=O) groups is 2. The van der Waals surface area contributed by atoms with E-state index in [0.29, 0.717) is 5.56 Å². The summed E-state index contributed by atoms with van der Waals surface area (Å²) in [6.07, 6.45) is 0.234. The van der Waals surface area contributed by atoms with Crippen LogP contribution < -0.4 is 10.6 Å². The molecule has 0 aromatic heterocycles. The Bertz CT molecular complexity index is 644. The Kier molecular flexibility index (Phi) is 5.65. The fourth-order valence-electron chi connectivity index (χ4n) is 1.93. The van der Waals surface area contributed by atoms with Crippen molar-refractivity contribution in [2.24, 2.45) is 0 Å². The first-order valence-corrected chi connectivity index (χ1v) is 6.95. The third-order valence-corrected chi connectivity index (χ3v) is 3.03. The molecular formula is C17H17FN2O2. The van der Waals surface area contributed by atoms with Crippen LogP contribution in [0, 0.1) is 5.82 Å². The SMILES string of the molecule is O=C(CNC(=O)Cc1ccccc1)NCc1cccc(F)c1. The van der Waals surface area contributed by atoms with E-state index in [2.05, 4.69) is 10.6 Å². The largest absolute Gasteiger partial charge is 0.350 e. The van der Waals surface area contributed by atoms with Crippen molar-refractivity contribution in [3.8, 4) is 0 Å². The summed E-state index contributed by atoms with van der Waals surface area (Å²) >= 11 is 0. The first kappa shape index (κ1) is 15.7. The van der Waals surface area contributed by atoms with Crippen molar-refractivity contribution in [1.82, 2.24) is 10.6 Å². The van der Waals surface area contributed by atoms with Gasteiger partial charge in [-0.3, -0.25) is 9.59 Å². The van der Waals surface area contributed by atoms with Crippen molar-refractivity contribution in [2.45, 2.75) is 13.0 Å². The molecule has 0 aliphatic rings. The fraction of sp³-hybridized carbons (Fsp3) is 0.176. The van der Waals surface area contributed by atoms with Crippen LogP contribution in [-0.2, 0) is 22.6 Å².